The van der Waals surface area contributed by atoms with Crippen LogP contribution in [0.2, 0.25) is 0 Å². The van der Waals surface area contributed by atoms with Gasteiger partial charge in [-0.1, -0.05) is 19.1 Å². The monoisotopic (exact) mass is 204 g/mol. The molecule has 3 heteroatoms. The Labute approximate surface area is 89.5 Å². The van der Waals surface area contributed by atoms with Crippen LogP contribution in [0, 0.1) is 6.92 Å². The van der Waals surface area contributed by atoms with Gasteiger partial charge in [0.15, 0.2) is 5.58 Å². The first kappa shape index (κ1) is 10.2. The van der Waals surface area contributed by atoms with Crippen molar-refractivity contribution in [1.82, 2.24) is 10.3 Å². The maximum atomic E-state index is 5.62. The molecule has 0 atom stereocenters. The Balaban J connectivity index is 2.20. The summed E-state index contributed by atoms with van der Waals surface area (Å²) >= 11 is 0. The largest absolute Gasteiger partial charge is 0.439 e. The van der Waals surface area contributed by atoms with E-state index in [0.29, 0.717) is 6.54 Å². The van der Waals surface area contributed by atoms with Crippen LogP contribution in [0.5, 0.6) is 0 Å². The third-order valence-corrected chi connectivity index (χ3v) is 2.37. The van der Waals surface area contributed by atoms with Crippen molar-refractivity contribution in [3.8, 4) is 0 Å². The second kappa shape index (κ2) is 4.45. The molecule has 1 N–H and O–H groups in total. The Bertz CT molecular complexity index is 448. The van der Waals surface area contributed by atoms with Crippen molar-refractivity contribution in [2.75, 3.05) is 6.54 Å². The van der Waals surface area contributed by atoms with Crippen molar-refractivity contribution in [2.24, 2.45) is 0 Å². The Morgan fingerprint density at radius 3 is 3.00 bits per heavy atom. The summed E-state index contributed by atoms with van der Waals surface area (Å²) < 4.78 is 5.62. The molecule has 80 valence electrons. The number of aryl methyl sites for hydroxylation is 1. The van der Waals surface area contributed by atoms with Gasteiger partial charge in [0.2, 0.25) is 5.89 Å². The van der Waals surface area contributed by atoms with Gasteiger partial charge in [0.1, 0.15) is 5.52 Å². The third kappa shape index (κ3) is 2.18. The molecule has 15 heavy (non-hydrogen) atoms. The van der Waals surface area contributed by atoms with Crippen molar-refractivity contribution in [2.45, 2.75) is 26.8 Å². The minimum Gasteiger partial charge on any atom is -0.439 e. The number of aromatic nitrogens is 1. The summed E-state index contributed by atoms with van der Waals surface area (Å²) in [5.74, 6) is 0.771. The Morgan fingerprint density at radius 1 is 1.40 bits per heavy atom. The summed E-state index contributed by atoms with van der Waals surface area (Å²) in [6, 6.07) is 6.00. The molecule has 1 aromatic heterocycles. The second-order valence-corrected chi connectivity index (χ2v) is 3.71. The molecular formula is C12H16N2O. The molecule has 0 saturated heterocycles. The lowest BCUT2D eigenvalue weighted by atomic mass is 10.2. The molecule has 2 rings (SSSR count). The summed E-state index contributed by atoms with van der Waals surface area (Å²) in [7, 11) is 0. The van der Waals surface area contributed by atoms with E-state index in [4.69, 9.17) is 4.42 Å². The van der Waals surface area contributed by atoms with E-state index in [-0.39, 0.29) is 0 Å². The predicted molar refractivity (Wildman–Crippen MR) is 60.7 cm³/mol. The first-order valence-corrected chi connectivity index (χ1v) is 5.37. The lowest BCUT2D eigenvalue weighted by Crippen LogP contribution is -2.13. The van der Waals surface area contributed by atoms with Crippen LogP contribution in [-0.2, 0) is 6.54 Å². The number of nitrogens with one attached hydrogen (secondary N) is 1. The average molecular weight is 204 g/mol. The van der Waals surface area contributed by atoms with Gasteiger partial charge in [0.25, 0.3) is 0 Å². The lowest BCUT2D eigenvalue weighted by molar-refractivity contribution is 0.495. The smallest absolute Gasteiger partial charge is 0.209 e. The van der Waals surface area contributed by atoms with Gasteiger partial charge in [-0.15, -0.1) is 0 Å². The standard InChI is InChI=1S/C12H16N2O/c1-3-7-13-8-11-14-12-9(2)5-4-6-10(12)15-11/h4-6,13H,3,7-8H2,1-2H3. The summed E-state index contributed by atoms with van der Waals surface area (Å²) in [4.78, 5) is 4.45. The highest BCUT2D eigenvalue weighted by Gasteiger charge is 2.06. The zero-order valence-electron chi connectivity index (χ0n) is 9.21. The van der Waals surface area contributed by atoms with Crippen molar-refractivity contribution < 1.29 is 4.42 Å². The number of hydrogen-bond acceptors (Lipinski definition) is 3. The van der Waals surface area contributed by atoms with Gasteiger partial charge in [-0.05, 0) is 31.5 Å². The van der Waals surface area contributed by atoms with E-state index in [1.165, 1.54) is 0 Å². The zero-order chi connectivity index (χ0) is 10.7. The highest BCUT2D eigenvalue weighted by Crippen LogP contribution is 2.18. The molecule has 0 radical (unpaired) electrons. The number of rotatable bonds is 4. The van der Waals surface area contributed by atoms with E-state index in [0.717, 1.165) is 35.5 Å². The van der Waals surface area contributed by atoms with E-state index in [2.05, 4.69) is 17.2 Å². The molecule has 0 spiro atoms. The van der Waals surface area contributed by atoms with Gasteiger partial charge in [-0.25, -0.2) is 4.98 Å². The molecule has 0 aliphatic rings. The minimum absolute atomic E-state index is 0.710. The second-order valence-electron chi connectivity index (χ2n) is 3.71. The first-order chi connectivity index (χ1) is 7.31. The highest BCUT2D eigenvalue weighted by atomic mass is 16.3. The fourth-order valence-electron chi connectivity index (χ4n) is 1.58. The molecule has 0 aliphatic heterocycles. The van der Waals surface area contributed by atoms with Gasteiger partial charge < -0.3 is 9.73 Å². The average Bonchev–Trinajstić information content (AvgIpc) is 2.63. The van der Waals surface area contributed by atoms with Crippen LogP contribution in [0.4, 0.5) is 0 Å². The van der Waals surface area contributed by atoms with Gasteiger partial charge in [-0.2, -0.15) is 0 Å². The number of para-hydroxylation sites is 1. The number of benzene rings is 1. The maximum Gasteiger partial charge on any atom is 0.209 e. The lowest BCUT2D eigenvalue weighted by Gasteiger charge is -1.96. The van der Waals surface area contributed by atoms with Crippen LogP contribution in [-0.4, -0.2) is 11.5 Å². The molecule has 0 amide bonds. The van der Waals surface area contributed by atoms with Crippen LogP contribution in [0.15, 0.2) is 22.6 Å². The van der Waals surface area contributed by atoms with Crippen LogP contribution >= 0.6 is 0 Å². The van der Waals surface area contributed by atoms with E-state index < -0.39 is 0 Å². The SMILES string of the molecule is CCCNCc1nc2c(C)cccc2o1. The van der Waals surface area contributed by atoms with Gasteiger partial charge in [0, 0.05) is 0 Å². The minimum atomic E-state index is 0.710. The molecule has 0 saturated carbocycles. The topological polar surface area (TPSA) is 38.1 Å². The Morgan fingerprint density at radius 2 is 2.27 bits per heavy atom. The quantitative estimate of drug-likeness (QED) is 0.778. The molecule has 0 aliphatic carbocycles. The summed E-state index contributed by atoms with van der Waals surface area (Å²) in [5.41, 5.74) is 3.02. The normalized spacial score (nSPS) is 11.1. The molecule has 0 unspecified atom stereocenters. The maximum absolute atomic E-state index is 5.62. The number of fused-ring (bicyclic) bond motifs is 1. The zero-order valence-corrected chi connectivity index (χ0v) is 9.21. The van der Waals surface area contributed by atoms with Gasteiger partial charge >= 0.3 is 0 Å². The van der Waals surface area contributed by atoms with Crippen LogP contribution < -0.4 is 5.32 Å². The van der Waals surface area contributed by atoms with Crippen molar-refractivity contribution in [1.29, 1.82) is 0 Å². The Hall–Kier alpha value is -1.35. The molecule has 1 heterocycles. The van der Waals surface area contributed by atoms with Crippen molar-refractivity contribution in [3.05, 3.63) is 29.7 Å². The highest BCUT2D eigenvalue weighted by molar-refractivity contribution is 5.76. The summed E-state index contributed by atoms with van der Waals surface area (Å²) in [6.07, 6.45) is 1.12. The van der Waals surface area contributed by atoms with Crippen molar-refractivity contribution >= 4 is 11.1 Å². The molecule has 0 bridgehead atoms. The van der Waals surface area contributed by atoms with E-state index in [9.17, 15) is 0 Å². The molecule has 2 aromatic rings. The molecule has 1 aromatic carbocycles. The fraction of sp³-hybridized carbons (Fsp3) is 0.417. The fourth-order valence-corrected chi connectivity index (χ4v) is 1.58. The van der Waals surface area contributed by atoms with Crippen molar-refractivity contribution in [3.63, 3.8) is 0 Å². The van der Waals surface area contributed by atoms with E-state index in [1.807, 2.05) is 25.1 Å². The van der Waals surface area contributed by atoms with Gasteiger partial charge in [0.05, 0.1) is 6.54 Å². The van der Waals surface area contributed by atoms with E-state index in [1.54, 1.807) is 0 Å². The molecule has 3 nitrogen and oxygen atoms in total. The molecular weight excluding hydrogens is 188 g/mol. The van der Waals surface area contributed by atoms with Crippen LogP contribution in [0.3, 0.4) is 0 Å². The first-order valence-electron chi connectivity index (χ1n) is 5.37. The number of hydrogen-bond donors (Lipinski definition) is 1. The van der Waals surface area contributed by atoms with Crippen LogP contribution in [0.1, 0.15) is 24.8 Å². The molecule has 0 fully saturated rings. The Kier molecular flexibility index (Phi) is 3.02. The van der Waals surface area contributed by atoms with Crippen LogP contribution in [0.25, 0.3) is 11.1 Å². The predicted octanol–water partition coefficient (Wildman–Crippen LogP) is 2.64. The number of oxazole rings is 1. The summed E-state index contributed by atoms with van der Waals surface area (Å²) in [5, 5.41) is 3.28. The van der Waals surface area contributed by atoms with E-state index >= 15 is 0 Å². The third-order valence-electron chi connectivity index (χ3n) is 2.37. The van der Waals surface area contributed by atoms with Gasteiger partial charge in [-0.3, -0.25) is 0 Å². The summed E-state index contributed by atoms with van der Waals surface area (Å²) in [6.45, 7) is 5.90. The number of nitrogens with zero attached hydrogens (tertiary/aromatic N) is 1.